The van der Waals surface area contributed by atoms with E-state index in [-0.39, 0.29) is 11.5 Å². The van der Waals surface area contributed by atoms with Gasteiger partial charge in [-0.05, 0) is 50.3 Å². The van der Waals surface area contributed by atoms with E-state index >= 15 is 0 Å². The number of fused-ring (bicyclic) bond motifs is 1. The number of carboxylic acid groups (broad SMARTS) is 1. The lowest BCUT2D eigenvalue weighted by Gasteiger charge is -2.54. The van der Waals surface area contributed by atoms with Crippen LogP contribution < -0.4 is 0 Å². The molecule has 4 heteroatoms. The fraction of sp³-hybridized carbons (Fsp3) is 0.474. The summed E-state index contributed by atoms with van der Waals surface area (Å²) in [6, 6.07) is 10.4. The third-order valence-electron chi connectivity index (χ3n) is 5.76. The van der Waals surface area contributed by atoms with Crippen LogP contribution in [0.4, 0.5) is 0 Å². The van der Waals surface area contributed by atoms with E-state index in [0.29, 0.717) is 0 Å². The normalized spacial score (nSPS) is 23.7. The zero-order valence-corrected chi connectivity index (χ0v) is 13.2. The van der Waals surface area contributed by atoms with Gasteiger partial charge in [0.2, 0.25) is 0 Å². The number of aromatic nitrogens is 1. The lowest BCUT2D eigenvalue weighted by Crippen LogP contribution is -2.58. The molecule has 1 aromatic carbocycles. The summed E-state index contributed by atoms with van der Waals surface area (Å²) < 4.78 is 0. The van der Waals surface area contributed by atoms with Crippen molar-refractivity contribution in [2.45, 2.75) is 44.2 Å². The Labute approximate surface area is 136 Å². The van der Waals surface area contributed by atoms with Gasteiger partial charge in [0.05, 0.1) is 11.4 Å². The molecule has 23 heavy (non-hydrogen) atoms. The average molecular weight is 310 g/mol. The van der Waals surface area contributed by atoms with Crippen molar-refractivity contribution >= 4 is 16.9 Å². The van der Waals surface area contributed by atoms with E-state index in [1.165, 1.54) is 17.4 Å². The molecule has 4 rings (SSSR count). The van der Waals surface area contributed by atoms with E-state index in [1.807, 2.05) is 12.3 Å². The zero-order valence-electron chi connectivity index (χ0n) is 13.2. The molecule has 2 heterocycles. The summed E-state index contributed by atoms with van der Waals surface area (Å²) in [6.45, 7) is 1.75. The van der Waals surface area contributed by atoms with Crippen LogP contribution in [0.2, 0.25) is 0 Å². The van der Waals surface area contributed by atoms with Gasteiger partial charge in [-0.1, -0.05) is 24.3 Å². The molecule has 0 amide bonds. The van der Waals surface area contributed by atoms with Crippen LogP contribution >= 0.6 is 0 Å². The number of hydrogen-bond donors (Lipinski definition) is 1. The molecular weight excluding hydrogens is 288 g/mol. The Morgan fingerprint density at radius 2 is 2.13 bits per heavy atom. The number of carbonyl (C=O) groups is 1. The highest BCUT2D eigenvalue weighted by Crippen LogP contribution is 2.47. The maximum atomic E-state index is 11.4. The minimum absolute atomic E-state index is 0.109. The number of aliphatic carboxylic acids is 1. The van der Waals surface area contributed by atoms with E-state index in [4.69, 9.17) is 0 Å². The first kappa shape index (κ1) is 14.6. The SMILES string of the molecule is O=C(O)C1CCN(Cc2cccc3cccnc23)C2(CCC2)C1. The summed E-state index contributed by atoms with van der Waals surface area (Å²) in [7, 11) is 0. The molecule has 1 aliphatic heterocycles. The molecule has 2 aromatic rings. The molecular formula is C19H22N2O2. The molecule has 4 nitrogen and oxygen atoms in total. The second kappa shape index (κ2) is 5.60. The number of carboxylic acids is 1. The minimum atomic E-state index is -0.622. The van der Waals surface area contributed by atoms with Crippen molar-refractivity contribution < 1.29 is 9.90 Å². The monoisotopic (exact) mass is 310 g/mol. The van der Waals surface area contributed by atoms with E-state index in [2.05, 4.69) is 34.1 Å². The summed E-state index contributed by atoms with van der Waals surface area (Å²) in [5.74, 6) is -0.792. The van der Waals surface area contributed by atoms with Crippen molar-refractivity contribution in [2.75, 3.05) is 6.54 Å². The van der Waals surface area contributed by atoms with Crippen molar-refractivity contribution in [1.82, 2.24) is 9.88 Å². The highest BCUT2D eigenvalue weighted by Gasteiger charge is 2.48. The van der Waals surface area contributed by atoms with Crippen LogP contribution in [0, 0.1) is 5.92 Å². The highest BCUT2D eigenvalue weighted by molar-refractivity contribution is 5.81. The fourth-order valence-corrected chi connectivity index (χ4v) is 4.30. The van der Waals surface area contributed by atoms with Crippen LogP contribution in [0.3, 0.4) is 0 Å². The lowest BCUT2D eigenvalue weighted by atomic mass is 9.67. The zero-order chi connectivity index (χ0) is 15.9. The molecule has 0 radical (unpaired) electrons. The first-order chi connectivity index (χ1) is 11.2. The predicted molar refractivity (Wildman–Crippen MR) is 89.1 cm³/mol. The molecule has 2 fully saturated rings. The third kappa shape index (κ3) is 2.51. The fourth-order valence-electron chi connectivity index (χ4n) is 4.30. The van der Waals surface area contributed by atoms with Crippen molar-refractivity contribution in [2.24, 2.45) is 5.92 Å². The minimum Gasteiger partial charge on any atom is -0.481 e. The van der Waals surface area contributed by atoms with Gasteiger partial charge in [0.1, 0.15) is 0 Å². The smallest absolute Gasteiger partial charge is 0.306 e. The number of pyridine rings is 1. The number of piperidine rings is 1. The molecule has 0 bridgehead atoms. The highest BCUT2D eigenvalue weighted by atomic mass is 16.4. The van der Waals surface area contributed by atoms with Crippen molar-refractivity contribution in [3.63, 3.8) is 0 Å². The maximum absolute atomic E-state index is 11.4. The Bertz CT molecular complexity index is 734. The molecule has 1 unspecified atom stereocenters. The van der Waals surface area contributed by atoms with E-state index in [9.17, 15) is 9.90 Å². The Balaban J connectivity index is 1.61. The van der Waals surface area contributed by atoms with Gasteiger partial charge in [0, 0.05) is 23.7 Å². The maximum Gasteiger partial charge on any atom is 0.306 e. The number of nitrogens with zero attached hydrogens (tertiary/aromatic N) is 2. The first-order valence-electron chi connectivity index (χ1n) is 8.48. The molecule has 120 valence electrons. The Hall–Kier alpha value is -1.94. The van der Waals surface area contributed by atoms with E-state index < -0.39 is 5.97 Å². The summed E-state index contributed by atoms with van der Waals surface area (Å²) in [4.78, 5) is 18.5. The number of para-hydroxylation sites is 1. The molecule has 2 aliphatic rings. The molecule has 1 saturated heterocycles. The van der Waals surface area contributed by atoms with Crippen LogP contribution in [-0.2, 0) is 11.3 Å². The Kier molecular flexibility index (Phi) is 3.57. The van der Waals surface area contributed by atoms with E-state index in [0.717, 1.165) is 44.3 Å². The summed E-state index contributed by atoms with van der Waals surface area (Å²) in [5, 5.41) is 10.6. The number of hydrogen-bond acceptors (Lipinski definition) is 3. The van der Waals surface area contributed by atoms with Gasteiger partial charge in [-0.3, -0.25) is 14.7 Å². The van der Waals surface area contributed by atoms with Gasteiger partial charge in [-0.15, -0.1) is 0 Å². The van der Waals surface area contributed by atoms with Gasteiger partial charge in [0.15, 0.2) is 0 Å². The van der Waals surface area contributed by atoms with Crippen LogP contribution in [0.5, 0.6) is 0 Å². The third-order valence-corrected chi connectivity index (χ3v) is 5.76. The summed E-state index contributed by atoms with van der Waals surface area (Å²) >= 11 is 0. The Morgan fingerprint density at radius 1 is 1.30 bits per heavy atom. The van der Waals surface area contributed by atoms with Crippen molar-refractivity contribution in [1.29, 1.82) is 0 Å². The Morgan fingerprint density at radius 3 is 2.87 bits per heavy atom. The van der Waals surface area contributed by atoms with Gasteiger partial charge >= 0.3 is 5.97 Å². The summed E-state index contributed by atoms with van der Waals surface area (Å²) in [6.07, 6.45) is 6.90. The summed E-state index contributed by atoms with van der Waals surface area (Å²) in [5.41, 5.74) is 2.44. The topological polar surface area (TPSA) is 53.4 Å². The number of benzene rings is 1. The average Bonchev–Trinajstić information content (AvgIpc) is 2.54. The largest absolute Gasteiger partial charge is 0.481 e. The first-order valence-corrected chi connectivity index (χ1v) is 8.48. The molecule has 1 atom stereocenters. The van der Waals surface area contributed by atoms with Crippen molar-refractivity contribution in [3.05, 3.63) is 42.1 Å². The second-order valence-electron chi connectivity index (χ2n) is 7.02. The van der Waals surface area contributed by atoms with Crippen LogP contribution in [0.25, 0.3) is 10.9 Å². The van der Waals surface area contributed by atoms with E-state index in [1.54, 1.807) is 0 Å². The van der Waals surface area contributed by atoms with Crippen molar-refractivity contribution in [3.8, 4) is 0 Å². The predicted octanol–water partition coefficient (Wildman–Crippen LogP) is 3.45. The van der Waals surface area contributed by atoms with Gasteiger partial charge in [-0.2, -0.15) is 0 Å². The van der Waals surface area contributed by atoms with Gasteiger partial charge in [0.25, 0.3) is 0 Å². The molecule has 1 N–H and O–H groups in total. The van der Waals surface area contributed by atoms with Crippen LogP contribution in [0.1, 0.15) is 37.7 Å². The lowest BCUT2D eigenvalue weighted by molar-refractivity contribution is -0.148. The second-order valence-corrected chi connectivity index (χ2v) is 7.02. The number of likely N-dealkylation sites (tertiary alicyclic amines) is 1. The van der Waals surface area contributed by atoms with Gasteiger partial charge < -0.3 is 5.11 Å². The quantitative estimate of drug-likeness (QED) is 0.943. The standard InChI is InChI=1S/C19H22N2O2/c22-18(23)15-7-11-21(19(12-15)8-3-9-19)13-16-5-1-4-14-6-2-10-20-17(14)16/h1-2,4-6,10,15H,3,7-9,11-13H2,(H,22,23). The van der Waals surface area contributed by atoms with Crippen LogP contribution in [-0.4, -0.2) is 33.0 Å². The molecule has 1 aromatic heterocycles. The molecule has 1 aliphatic carbocycles. The molecule has 1 saturated carbocycles. The molecule has 1 spiro atoms. The van der Waals surface area contributed by atoms with Crippen LogP contribution in [0.15, 0.2) is 36.5 Å². The number of rotatable bonds is 3. The van der Waals surface area contributed by atoms with Gasteiger partial charge in [-0.25, -0.2) is 0 Å².